The van der Waals surface area contributed by atoms with Crippen molar-refractivity contribution < 1.29 is 9.84 Å². The zero-order valence-corrected chi connectivity index (χ0v) is 15.1. The molecule has 23 heavy (non-hydrogen) atoms. The first kappa shape index (κ1) is 18.2. The number of piperazine rings is 1. The normalized spacial score (nSPS) is 18.3. The fourth-order valence-corrected chi connectivity index (χ4v) is 3.23. The highest BCUT2D eigenvalue weighted by atomic mass is 16.5. The van der Waals surface area contributed by atoms with Crippen molar-refractivity contribution in [3.05, 3.63) is 29.3 Å². The van der Waals surface area contributed by atoms with Crippen LogP contribution >= 0.6 is 0 Å². The lowest BCUT2D eigenvalue weighted by Crippen LogP contribution is -2.49. The molecule has 4 nitrogen and oxygen atoms in total. The number of β-amino-alcohol motifs (C(OH)–C–C–N with tert-alkyl or cyclic N) is 1. The van der Waals surface area contributed by atoms with Crippen molar-refractivity contribution in [2.24, 2.45) is 5.92 Å². The monoisotopic (exact) mass is 320 g/mol. The number of para-hydroxylation sites is 1. The van der Waals surface area contributed by atoms with Gasteiger partial charge in [0.15, 0.2) is 0 Å². The van der Waals surface area contributed by atoms with Crippen LogP contribution in [0.3, 0.4) is 0 Å². The number of aliphatic hydroxyl groups excluding tert-OH is 1. The summed E-state index contributed by atoms with van der Waals surface area (Å²) in [5.41, 5.74) is 2.25. The number of ether oxygens (including phenoxy) is 1. The first-order valence-corrected chi connectivity index (χ1v) is 8.77. The van der Waals surface area contributed by atoms with Crippen molar-refractivity contribution in [2.45, 2.75) is 33.8 Å². The Bertz CT molecular complexity index is 462. The van der Waals surface area contributed by atoms with Crippen LogP contribution in [0.4, 0.5) is 0 Å². The molecule has 2 rings (SSSR count). The summed E-state index contributed by atoms with van der Waals surface area (Å²) in [5, 5.41) is 10.3. The van der Waals surface area contributed by atoms with Crippen molar-refractivity contribution in [1.82, 2.24) is 9.80 Å². The second-order valence-corrected chi connectivity index (χ2v) is 7.18. The van der Waals surface area contributed by atoms with Gasteiger partial charge >= 0.3 is 0 Å². The van der Waals surface area contributed by atoms with E-state index in [-0.39, 0.29) is 0 Å². The molecule has 1 aromatic carbocycles. The van der Waals surface area contributed by atoms with Crippen LogP contribution in [0.5, 0.6) is 5.75 Å². The average molecular weight is 320 g/mol. The molecule has 4 heteroatoms. The Balaban J connectivity index is 1.72. The molecule has 1 saturated heterocycles. The first-order chi connectivity index (χ1) is 11.0. The molecule has 0 bridgehead atoms. The molecule has 1 N–H and O–H groups in total. The van der Waals surface area contributed by atoms with Crippen LogP contribution in [0.1, 0.15) is 25.0 Å². The van der Waals surface area contributed by atoms with Gasteiger partial charge in [-0.1, -0.05) is 32.0 Å². The molecule has 1 heterocycles. The summed E-state index contributed by atoms with van der Waals surface area (Å²) in [6, 6.07) is 6.12. The minimum atomic E-state index is -0.439. The lowest BCUT2D eigenvalue weighted by Gasteiger charge is -2.36. The topological polar surface area (TPSA) is 35.9 Å². The second kappa shape index (κ2) is 8.67. The van der Waals surface area contributed by atoms with Crippen molar-refractivity contribution in [3.8, 4) is 5.75 Å². The van der Waals surface area contributed by atoms with Gasteiger partial charge in [-0.2, -0.15) is 0 Å². The van der Waals surface area contributed by atoms with Crippen LogP contribution in [0, 0.1) is 19.8 Å². The predicted molar refractivity (Wildman–Crippen MR) is 95.1 cm³/mol. The smallest absolute Gasteiger partial charge is 0.125 e. The third-order valence-electron chi connectivity index (χ3n) is 4.39. The van der Waals surface area contributed by atoms with E-state index in [1.54, 1.807) is 0 Å². The highest BCUT2D eigenvalue weighted by Gasteiger charge is 2.20. The highest BCUT2D eigenvalue weighted by molar-refractivity contribution is 5.39. The number of nitrogens with zero attached hydrogens (tertiary/aromatic N) is 2. The number of hydrogen-bond acceptors (Lipinski definition) is 4. The van der Waals surface area contributed by atoms with Gasteiger partial charge < -0.3 is 14.7 Å². The van der Waals surface area contributed by atoms with Crippen LogP contribution in [-0.2, 0) is 0 Å². The van der Waals surface area contributed by atoms with Crippen molar-refractivity contribution in [3.63, 3.8) is 0 Å². The summed E-state index contributed by atoms with van der Waals surface area (Å²) in [7, 11) is 0. The van der Waals surface area contributed by atoms with Crippen LogP contribution in [0.25, 0.3) is 0 Å². The Hall–Kier alpha value is -1.10. The van der Waals surface area contributed by atoms with Crippen LogP contribution in [0.15, 0.2) is 18.2 Å². The molecule has 1 unspecified atom stereocenters. The van der Waals surface area contributed by atoms with Crippen LogP contribution in [-0.4, -0.2) is 66.9 Å². The minimum absolute atomic E-state index is 0.359. The molecule has 0 aliphatic carbocycles. The van der Waals surface area contributed by atoms with E-state index in [9.17, 15) is 5.11 Å². The molecule has 0 radical (unpaired) electrons. The predicted octanol–water partition coefficient (Wildman–Crippen LogP) is 2.32. The van der Waals surface area contributed by atoms with E-state index in [0.29, 0.717) is 13.2 Å². The minimum Gasteiger partial charge on any atom is -0.490 e. The summed E-state index contributed by atoms with van der Waals surface area (Å²) >= 11 is 0. The molecule has 1 aromatic rings. The Morgan fingerprint density at radius 1 is 1.00 bits per heavy atom. The number of rotatable bonds is 7. The number of hydrogen-bond donors (Lipinski definition) is 1. The first-order valence-electron chi connectivity index (χ1n) is 8.77. The van der Waals surface area contributed by atoms with Crippen LogP contribution in [0.2, 0.25) is 0 Å². The van der Waals surface area contributed by atoms with Gasteiger partial charge in [0.1, 0.15) is 18.5 Å². The molecule has 1 aliphatic rings. The summed E-state index contributed by atoms with van der Waals surface area (Å²) in [4.78, 5) is 4.86. The van der Waals surface area contributed by atoms with Crippen molar-refractivity contribution in [1.29, 1.82) is 0 Å². The van der Waals surface area contributed by atoms with E-state index in [4.69, 9.17) is 4.74 Å². The third-order valence-corrected chi connectivity index (χ3v) is 4.39. The zero-order valence-electron chi connectivity index (χ0n) is 15.1. The maximum Gasteiger partial charge on any atom is 0.125 e. The maximum atomic E-state index is 10.3. The average Bonchev–Trinajstić information content (AvgIpc) is 2.48. The zero-order chi connectivity index (χ0) is 16.8. The van der Waals surface area contributed by atoms with E-state index in [1.807, 2.05) is 32.0 Å². The van der Waals surface area contributed by atoms with Crippen molar-refractivity contribution in [2.75, 3.05) is 45.9 Å². The SMILES string of the molecule is Cc1cccc(C)c1OCC(O)CN1CCN(CC(C)C)CC1. The Kier molecular flexibility index (Phi) is 6.88. The molecular weight excluding hydrogens is 288 g/mol. The largest absolute Gasteiger partial charge is 0.490 e. The number of aryl methyl sites for hydroxylation is 2. The third kappa shape index (κ3) is 5.79. The van der Waals surface area contributed by atoms with E-state index in [2.05, 4.69) is 23.6 Å². The summed E-state index contributed by atoms with van der Waals surface area (Å²) in [6.45, 7) is 15.1. The lowest BCUT2D eigenvalue weighted by atomic mass is 10.1. The summed E-state index contributed by atoms with van der Waals surface area (Å²) in [5.74, 6) is 1.63. The highest BCUT2D eigenvalue weighted by Crippen LogP contribution is 2.22. The quantitative estimate of drug-likeness (QED) is 0.836. The fourth-order valence-electron chi connectivity index (χ4n) is 3.23. The van der Waals surface area contributed by atoms with Gasteiger partial charge in [-0.25, -0.2) is 0 Å². The standard InChI is InChI=1S/C19H32N2O2/c1-15(2)12-20-8-10-21(11-9-20)13-18(22)14-23-19-16(3)6-5-7-17(19)4/h5-7,15,18,22H,8-14H2,1-4H3. The molecule has 1 fully saturated rings. The van der Waals surface area contributed by atoms with E-state index < -0.39 is 6.10 Å². The van der Waals surface area contributed by atoms with E-state index in [0.717, 1.165) is 49.0 Å². The van der Waals surface area contributed by atoms with Gasteiger partial charge in [0.05, 0.1) is 0 Å². The fraction of sp³-hybridized carbons (Fsp3) is 0.684. The molecule has 0 aromatic heterocycles. The molecule has 130 valence electrons. The number of benzene rings is 1. The van der Waals surface area contributed by atoms with Crippen molar-refractivity contribution >= 4 is 0 Å². The lowest BCUT2D eigenvalue weighted by molar-refractivity contribution is 0.0437. The van der Waals surface area contributed by atoms with E-state index >= 15 is 0 Å². The Morgan fingerprint density at radius 2 is 1.52 bits per heavy atom. The molecule has 1 atom stereocenters. The summed E-state index contributed by atoms with van der Waals surface area (Å²) in [6.07, 6.45) is -0.439. The molecule has 0 spiro atoms. The molecule has 0 amide bonds. The van der Waals surface area contributed by atoms with Gasteiger partial charge in [-0.3, -0.25) is 4.90 Å². The maximum absolute atomic E-state index is 10.3. The summed E-state index contributed by atoms with van der Waals surface area (Å²) < 4.78 is 5.86. The molecular formula is C19H32N2O2. The van der Waals surface area contributed by atoms with E-state index in [1.165, 1.54) is 6.54 Å². The van der Waals surface area contributed by atoms with Gasteiger partial charge in [0.25, 0.3) is 0 Å². The number of aliphatic hydroxyl groups is 1. The molecule has 0 saturated carbocycles. The van der Waals surface area contributed by atoms with Gasteiger partial charge in [0, 0.05) is 39.3 Å². The van der Waals surface area contributed by atoms with Gasteiger partial charge in [0.2, 0.25) is 0 Å². The second-order valence-electron chi connectivity index (χ2n) is 7.18. The van der Waals surface area contributed by atoms with Gasteiger partial charge in [-0.05, 0) is 30.9 Å². The Labute approximate surface area is 141 Å². The van der Waals surface area contributed by atoms with Gasteiger partial charge in [-0.15, -0.1) is 0 Å². The molecule has 1 aliphatic heterocycles. The van der Waals surface area contributed by atoms with Crippen LogP contribution < -0.4 is 4.74 Å². The Morgan fingerprint density at radius 3 is 2.04 bits per heavy atom.